The number of hydrogen-bond acceptors (Lipinski definition) is 2. The largest absolute Gasteiger partial charge is 0.481 e. The maximum Gasteiger partial charge on any atom is 0.425 e. The van der Waals surface area contributed by atoms with E-state index >= 15 is 0 Å². The highest BCUT2D eigenvalue weighted by molar-refractivity contribution is 5.38. The van der Waals surface area contributed by atoms with E-state index in [2.05, 4.69) is 4.74 Å². The molecule has 0 bridgehead atoms. The summed E-state index contributed by atoms with van der Waals surface area (Å²) in [5.74, 6) is -0.305. The standard InChI is InChI=1S/C11H11F6NO/c1-6(10(12,13)14)19-9-3-2-8(11(15,16)17)4-7(9)5-18/h2-4,6H,5,18H2,1H3. The van der Waals surface area contributed by atoms with Gasteiger partial charge in [-0.1, -0.05) is 0 Å². The fourth-order valence-electron chi connectivity index (χ4n) is 1.29. The first-order valence-electron chi connectivity index (χ1n) is 5.19. The minimum atomic E-state index is -4.60. The maximum absolute atomic E-state index is 12.4. The van der Waals surface area contributed by atoms with Gasteiger partial charge in [0, 0.05) is 12.1 Å². The summed E-state index contributed by atoms with van der Waals surface area (Å²) in [6, 6.07) is 2.17. The second-order valence-corrected chi connectivity index (χ2v) is 3.83. The fourth-order valence-corrected chi connectivity index (χ4v) is 1.29. The molecule has 0 spiro atoms. The molecule has 19 heavy (non-hydrogen) atoms. The molecule has 0 saturated carbocycles. The molecule has 2 N–H and O–H groups in total. The first-order chi connectivity index (χ1) is 8.55. The molecule has 8 heteroatoms. The third-order valence-electron chi connectivity index (χ3n) is 2.37. The van der Waals surface area contributed by atoms with Crippen molar-refractivity contribution >= 4 is 0 Å². The minimum absolute atomic E-state index is 0.133. The molecule has 0 fully saturated rings. The summed E-state index contributed by atoms with van der Waals surface area (Å²) in [6.45, 7) is 0.405. The molecule has 1 aromatic rings. The molecule has 0 saturated heterocycles. The molecule has 0 amide bonds. The van der Waals surface area contributed by atoms with Gasteiger partial charge in [-0.3, -0.25) is 0 Å². The molecule has 0 aliphatic carbocycles. The van der Waals surface area contributed by atoms with Crippen LogP contribution in [0.5, 0.6) is 5.75 Å². The Morgan fingerprint density at radius 2 is 1.74 bits per heavy atom. The lowest BCUT2D eigenvalue weighted by atomic mass is 10.1. The van der Waals surface area contributed by atoms with Crippen LogP contribution in [0.4, 0.5) is 26.3 Å². The lowest BCUT2D eigenvalue weighted by Crippen LogP contribution is -2.31. The number of halogens is 6. The van der Waals surface area contributed by atoms with Gasteiger partial charge in [0.2, 0.25) is 0 Å². The highest BCUT2D eigenvalue weighted by Crippen LogP contribution is 2.33. The third-order valence-corrected chi connectivity index (χ3v) is 2.37. The van der Waals surface area contributed by atoms with Crippen molar-refractivity contribution in [1.29, 1.82) is 0 Å². The molecular formula is C11H11F6NO. The topological polar surface area (TPSA) is 35.2 Å². The number of hydrogen-bond donors (Lipinski definition) is 1. The molecule has 2 nitrogen and oxygen atoms in total. The molecule has 0 radical (unpaired) electrons. The van der Waals surface area contributed by atoms with Gasteiger partial charge in [0.05, 0.1) is 5.56 Å². The summed E-state index contributed by atoms with van der Waals surface area (Å²) in [5.41, 5.74) is 4.10. The lowest BCUT2D eigenvalue weighted by molar-refractivity contribution is -0.189. The molecule has 0 aliphatic heterocycles. The van der Waals surface area contributed by atoms with Crippen molar-refractivity contribution in [3.8, 4) is 5.75 Å². The van der Waals surface area contributed by atoms with Crippen LogP contribution in [0.2, 0.25) is 0 Å². The third kappa shape index (κ3) is 4.02. The first kappa shape index (κ1) is 15.6. The van der Waals surface area contributed by atoms with Crippen molar-refractivity contribution in [2.24, 2.45) is 5.73 Å². The van der Waals surface area contributed by atoms with E-state index in [-0.39, 0.29) is 17.9 Å². The van der Waals surface area contributed by atoms with Gasteiger partial charge in [0.1, 0.15) is 5.75 Å². The lowest BCUT2D eigenvalue weighted by Gasteiger charge is -2.20. The van der Waals surface area contributed by atoms with E-state index in [1.54, 1.807) is 0 Å². The fraction of sp³-hybridized carbons (Fsp3) is 0.455. The summed E-state index contributed by atoms with van der Waals surface area (Å²) in [4.78, 5) is 0. The Kier molecular flexibility index (Phi) is 4.34. The number of alkyl halides is 6. The molecule has 1 rings (SSSR count). The van der Waals surface area contributed by atoms with Crippen LogP contribution in [-0.4, -0.2) is 12.3 Å². The Morgan fingerprint density at radius 3 is 2.16 bits per heavy atom. The summed E-state index contributed by atoms with van der Waals surface area (Å²) in [5, 5.41) is 0. The van der Waals surface area contributed by atoms with Crippen LogP contribution in [0.25, 0.3) is 0 Å². The summed E-state index contributed by atoms with van der Waals surface area (Å²) >= 11 is 0. The minimum Gasteiger partial charge on any atom is -0.481 e. The van der Waals surface area contributed by atoms with Gasteiger partial charge in [0.15, 0.2) is 6.10 Å². The van der Waals surface area contributed by atoms with Crippen LogP contribution in [0, 0.1) is 0 Å². The highest BCUT2D eigenvalue weighted by atomic mass is 19.4. The van der Waals surface area contributed by atoms with Gasteiger partial charge >= 0.3 is 12.4 Å². The zero-order valence-corrected chi connectivity index (χ0v) is 9.77. The van der Waals surface area contributed by atoms with Crippen molar-refractivity contribution in [3.63, 3.8) is 0 Å². The number of nitrogens with two attached hydrogens (primary N) is 1. The zero-order valence-electron chi connectivity index (χ0n) is 9.77. The quantitative estimate of drug-likeness (QED) is 0.864. The molecule has 108 valence electrons. The van der Waals surface area contributed by atoms with Crippen LogP contribution < -0.4 is 10.5 Å². The average molecular weight is 287 g/mol. The van der Waals surface area contributed by atoms with Crippen LogP contribution in [0.15, 0.2) is 18.2 Å². The molecule has 1 aromatic carbocycles. The smallest absolute Gasteiger partial charge is 0.425 e. The average Bonchev–Trinajstić information content (AvgIpc) is 2.26. The SMILES string of the molecule is CC(Oc1ccc(C(F)(F)F)cc1CN)C(F)(F)F. The molecule has 1 unspecified atom stereocenters. The Balaban J connectivity index is 3.04. The molecule has 0 heterocycles. The summed E-state index contributed by atoms with van der Waals surface area (Å²) in [6.07, 6.45) is -11.3. The monoisotopic (exact) mass is 287 g/mol. The van der Waals surface area contributed by atoms with Crippen molar-refractivity contribution in [1.82, 2.24) is 0 Å². The normalized spacial score (nSPS) is 14.3. The summed E-state index contributed by atoms with van der Waals surface area (Å²) < 4.78 is 78.8. The molecule has 0 aromatic heterocycles. The van der Waals surface area contributed by atoms with Crippen molar-refractivity contribution in [2.45, 2.75) is 31.9 Å². The van der Waals surface area contributed by atoms with E-state index in [0.717, 1.165) is 13.0 Å². The molecular weight excluding hydrogens is 276 g/mol. The Morgan fingerprint density at radius 1 is 1.16 bits per heavy atom. The zero-order chi connectivity index (χ0) is 14.8. The van der Waals surface area contributed by atoms with Gasteiger partial charge in [-0.05, 0) is 25.1 Å². The van der Waals surface area contributed by atoms with E-state index in [4.69, 9.17) is 5.73 Å². The Labute approximate surface area is 105 Å². The van der Waals surface area contributed by atoms with Gasteiger partial charge < -0.3 is 10.5 Å². The summed E-state index contributed by atoms with van der Waals surface area (Å²) in [7, 11) is 0. The predicted molar refractivity (Wildman–Crippen MR) is 55.5 cm³/mol. The number of benzene rings is 1. The molecule has 0 aliphatic rings. The van der Waals surface area contributed by atoms with E-state index in [1.807, 2.05) is 0 Å². The van der Waals surface area contributed by atoms with Gasteiger partial charge in [-0.15, -0.1) is 0 Å². The van der Waals surface area contributed by atoms with E-state index in [9.17, 15) is 26.3 Å². The van der Waals surface area contributed by atoms with Crippen LogP contribution >= 0.6 is 0 Å². The molecule has 1 atom stereocenters. The van der Waals surface area contributed by atoms with Crippen LogP contribution in [-0.2, 0) is 12.7 Å². The van der Waals surface area contributed by atoms with E-state index < -0.39 is 24.0 Å². The van der Waals surface area contributed by atoms with Crippen LogP contribution in [0.3, 0.4) is 0 Å². The predicted octanol–water partition coefficient (Wildman–Crippen LogP) is 3.49. The van der Waals surface area contributed by atoms with E-state index in [1.165, 1.54) is 0 Å². The first-order valence-corrected chi connectivity index (χ1v) is 5.19. The van der Waals surface area contributed by atoms with Crippen molar-refractivity contribution in [2.75, 3.05) is 0 Å². The Hall–Kier alpha value is -1.44. The maximum atomic E-state index is 12.4. The highest BCUT2D eigenvalue weighted by Gasteiger charge is 2.38. The number of rotatable bonds is 3. The van der Waals surface area contributed by atoms with Crippen LogP contribution in [0.1, 0.15) is 18.1 Å². The van der Waals surface area contributed by atoms with Gasteiger partial charge in [-0.25, -0.2) is 0 Å². The van der Waals surface area contributed by atoms with Gasteiger partial charge in [0.25, 0.3) is 0 Å². The second kappa shape index (κ2) is 5.28. The second-order valence-electron chi connectivity index (χ2n) is 3.83. The van der Waals surface area contributed by atoms with Crippen molar-refractivity contribution in [3.05, 3.63) is 29.3 Å². The Bertz CT molecular complexity index is 440. The number of ether oxygens (including phenoxy) is 1. The van der Waals surface area contributed by atoms with Crippen molar-refractivity contribution < 1.29 is 31.1 Å². The van der Waals surface area contributed by atoms with E-state index in [0.29, 0.717) is 12.1 Å². The van der Waals surface area contributed by atoms with Gasteiger partial charge in [-0.2, -0.15) is 26.3 Å².